The first-order chi connectivity index (χ1) is 10.00. The molecule has 0 bridgehead atoms. The zero-order valence-electron chi connectivity index (χ0n) is 13.0. The first-order valence-corrected chi connectivity index (χ1v) is 7.14. The van der Waals surface area contributed by atoms with Gasteiger partial charge in [-0.25, -0.2) is 0 Å². The lowest BCUT2D eigenvalue weighted by molar-refractivity contribution is 0.0908. The number of carbonyl (C=O) groups excluding carboxylic acids is 1. The van der Waals surface area contributed by atoms with E-state index in [1.54, 1.807) is 6.07 Å². The molecule has 0 spiro atoms. The highest BCUT2D eigenvalue weighted by molar-refractivity contribution is 5.94. The predicted octanol–water partition coefficient (Wildman–Crippen LogP) is 3.30. The molecule has 0 aliphatic rings. The predicted molar refractivity (Wildman–Crippen MR) is 90.2 cm³/mol. The molecule has 1 aromatic heterocycles. The Morgan fingerprint density at radius 1 is 1.27 bits per heavy atom. The molecule has 5 heteroatoms. The highest BCUT2D eigenvalue weighted by Gasteiger charge is 2.22. The Balaban J connectivity index is 0.00000242. The van der Waals surface area contributed by atoms with Gasteiger partial charge in [0.25, 0.3) is 5.91 Å². The van der Waals surface area contributed by atoms with Gasteiger partial charge in [0.2, 0.25) is 0 Å². The summed E-state index contributed by atoms with van der Waals surface area (Å²) in [5.41, 5.74) is 6.98. The number of halogens is 1. The van der Waals surface area contributed by atoms with Gasteiger partial charge in [0, 0.05) is 5.54 Å². The third-order valence-electron chi connectivity index (χ3n) is 3.45. The Morgan fingerprint density at radius 2 is 1.95 bits per heavy atom. The van der Waals surface area contributed by atoms with Crippen LogP contribution in [0.5, 0.6) is 0 Å². The first kappa shape index (κ1) is 18.3. The second-order valence-corrected chi connectivity index (χ2v) is 5.83. The van der Waals surface area contributed by atoms with Crippen molar-refractivity contribution in [2.75, 3.05) is 0 Å². The second kappa shape index (κ2) is 8.01. The van der Waals surface area contributed by atoms with E-state index in [1.807, 2.05) is 32.0 Å². The normalized spacial score (nSPS) is 10.9. The summed E-state index contributed by atoms with van der Waals surface area (Å²) in [5.74, 6) is 0.485. The second-order valence-electron chi connectivity index (χ2n) is 5.83. The zero-order valence-corrected chi connectivity index (χ0v) is 13.8. The van der Waals surface area contributed by atoms with E-state index in [-0.39, 0.29) is 23.9 Å². The Labute approximate surface area is 137 Å². The van der Waals surface area contributed by atoms with Crippen molar-refractivity contribution in [3.63, 3.8) is 0 Å². The lowest BCUT2D eigenvalue weighted by Crippen LogP contribution is -2.43. The van der Waals surface area contributed by atoms with Crippen LogP contribution in [0.25, 0.3) is 0 Å². The monoisotopic (exact) mass is 322 g/mol. The van der Waals surface area contributed by atoms with Crippen molar-refractivity contribution in [1.82, 2.24) is 5.32 Å². The number of carbonyl (C=O) groups is 1. The fourth-order valence-corrected chi connectivity index (χ4v) is 2.15. The Hall–Kier alpha value is -1.78. The third kappa shape index (κ3) is 5.20. The molecule has 1 heterocycles. The molecule has 0 aliphatic carbocycles. The summed E-state index contributed by atoms with van der Waals surface area (Å²) in [7, 11) is 0. The molecule has 2 rings (SSSR count). The summed E-state index contributed by atoms with van der Waals surface area (Å²) in [4.78, 5) is 12.2. The first-order valence-electron chi connectivity index (χ1n) is 7.14. The smallest absolute Gasteiger partial charge is 0.254 e. The maximum Gasteiger partial charge on any atom is 0.254 e. The molecule has 0 radical (unpaired) electrons. The van der Waals surface area contributed by atoms with Gasteiger partial charge in [-0.3, -0.25) is 4.79 Å². The molecular formula is C17H23ClN2O2. The van der Waals surface area contributed by atoms with Crippen molar-refractivity contribution >= 4 is 18.3 Å². The summed E-state index contributed by atoms with van der Waals surface area (Å²) in [6.45, 7) is 4.35. The van der Waals surface area contributed by atoms with Crippen molar-refractivity contribution in [3.8, 4) is 0 Å². The van der Waals surface area contributed by atoms with Crippen molar-refractivity contribution in [3.05, 3.63) is 59.5 Å². The van der Waals surface area contributed by atoms with Crippen LogP contribution in [0.4, 0.5) is 0 Å². The standard InChI is InChI=1S/C17H22N2O2.ClH/c1-17(2,9-8-13-6-4-3-5-7-13)19-16(20)14-10-15(11-18)21-12-14;/h3-7,10,12H,8-9,11,18H2,1-2H3,(H,19,20);1H. The number of nitrogens with two attached hydrogens (primary N) is 1. The third-order valence-corrected chi connectivity index (χ3v) is 3.45. The van der Waals surface area contributed by atoms with E-state index in [9.17, 15) is 4.79 Å². The zero-order chi connectivity index (χ0) is 15.3. The molecular weight excluding hydrogens is 300 g/mol. The van der Waals surface area contributed by atoms with E-state index in [2.05, 4.69) is 17.4 Å². The molecule has 0 atom stereocenters. The van der Waals surface area contributed by atoms with Crippen LogP contribution in [-0.2, 0) is 13.0 Å². The Kier molecular flexibility index (Phi) is 6.65. The van der Waals surface area contributed by atoms with Crippen LogP contribution >= 0.6 is 12.4 Å². The average molecular weight is 323 g/mol. The van der Waals surface area contributed by atoms with Gasteiger partial charge in [-0.15, -0.1) is 12.4 Å². The maximum absolute atomic E-state index is 12.2. The number of benzene rings is 1. The fraction of sp³-hybridized carbons (Fsp3) is 0.353. The van der Waals surface area contributed by atoms with Crippen LogP contribution in [0.3, 0.4) is 0 Å². The van der Waals surface area contributed by atoms with Gasteiger partial charge in [-0.05, 0) is 38.3 Å². The number of furan rings is 1. The van der Waals surface area contributed by atoms with Crippen LogP contribution in [-0.4, -0.2) is 11.4 Å². The van der Waals surface area contributed by atoms with Crippen LogP contribution in [0.1, 0.15) is 41.9 Å². The Morgan fingerprint density at radius 3 is 2.55 bits per heavy atom. The van der Waals surface area contributed by atoms with Gasteiger partial charge in [0.1, 0.15) is 12.0 Å². The summed E-state index contributed by atoms with van der Waals surface area (Å²) < 4.78 is 5.19. The molecule has 0 saturated carbocycles. The van der Waals surface area contributed by atoms with E-state index in [1.165, 1.54) is 11.8 Å². The molecule has 3 N–H and O–H groups in total. The molecule has 4 nitrogen and oxygen atoms in total. The van der Waals surface area contributed by atoms with E-state index >= 15 is 0 Å². The van der Waals surface area contributed by atoms with Crippen molar-refractivity contribution in [2.45, 2.75) is 38.8 Å². The highest BCUT2D eigenvalue weighted by atomic mass is 35.5. The van der Waals surface area contributed by atoms with E-state index in [0.717, 1.165) is 12.8 Å². The van der Waals surface area contributed by atoms with E-state index in [4.69, 9.17) is 10.2 Å². The van der Waals surface area contributed by atoms with Gasteiger partial charge in [-0.2, -0.15) is 0 Å². The molecule has 0 fully saturated rings. The Bertz CT molecular complexity index is 594. The van der Waals surface area contributed by atoms with Crippen LogP contribution in [0.2, 0.25) is 0 Å². The topological polar surface area (TPSA) is 68.3 Å². The number of hydrogen-bond donors (Lipinski definition) is 2. The summed E-state index contributed by atoms with van der Waals surface area (Å²) in [5, 5.41) is 3.04. The molecule has 0 unspecified atom stereocenters. The van der Waals surface area contributed by atoms with Gasteiger partial charge in [-0.1, -0.05) is 30.3 Å². The highest BCUT2D eigenvalue weighted by Crippen LogP contribution is 2.15. The summed E-state index contributed by atoms with van der Waals surface area (Å²) in [6, 6.07) is 11.9. The van der Waals surface area contributed by atoms with Gasteiger partial charge in [0.05, 0.1) is 12.1 Å². The lowest BCUT2D eigenvalue weighted by Gasteiger charge is -2.26. The van der Waals surface area contributed by atoms with E-state index < -0.39 is 0 Å². The summed E-state index contributed by atoms with van der Waals surface area (Å²) in [6.07, 6.45) is 3.24. The van der Waals surface area contributed by atoms with Crippen molar-refractivity contribution in [1.29, 1.82) is 0 Å². The number of hydrogen-bond acceptors (Lipinski definition) is 3. The average Bonchev–Trinajstić information content (AvgIpc) is 2.95. The van der Waals surface area contributed by atoms with Crippen LogP contribution in [0.15, 0.2) is 47.1 Å². The molecule has 22 heavy (non-hydrogen) atoms. The van der Waals surface area contributed by atoms with Gasteiger partial charge < -0.3 is 15.5 Å². The van der Waals surface area contributed by atoms with Gasteiger partial charge in [0.15, 0.2) is 0 Å². The minimum absolute atomic E-state index is 0. The fourth-order valence-electron chi connectivity index (χ4n) is 2.15. The van der Waals surface area contributed by atoms with Crippen LogP contribution in [0, 0.1) is 0 Å². The molecule has 2 aromatic rings. The molecule has 120 valence electrons. The van der Waals surface area contributed by atoms with Crippen molar-refractivity contribution in [2.24, 2.45) is 5.73 Å². The van der Waals surface area contributed by atoms with Crippen molar-refractivity contribution < 1.29 is 9.21 Å². The number of amides is 1. The maximum atomic E-state index is 12.2. The molecule has 0 saturated heterocycles. The molecule has 1 amide bonds. The number of nitrogens with one attached hydrogen (secondary N) is 1. The summed E-state index contributed by atoms with van der Waals surface area (Å²) >= 11 is 0. The molecule has 1 aromatic carbocycles. The lowest BCUT2D eigenvalue weighted by atomic mass is 9.95. The van der Waals surface area contributed by atoms with Gasteiger partial charge >= 0.3 is 0 Å². The number of rotatable bonds is 6. The number of aryl methyl sites for hydroxylation is 1. The quantitative estimate of drug-likeness (QED) is 0.857. The molecule has 0 aliphatic heterocycles. The minimum atomic E-state index is -0.285. The van der Waals surface area contributed by atoms with E-state index in [0.29, 0.717) is 17.9 Å². The minimum Gasteiger partial charge on any atom is -0.467 e. The van der Waals surface area contributed by atoms with Crippen LogP contribution < -0.4 is 11.1 Å². The largest absolute Gasteiger partial charge is 0.467 e. The SMILES string of the molecule is CC(C)(CCc1ccccc1)NC(=O)c1coc(CN)c1.Cl.